The van der Waals surface area contributed by atoms with E-state index in [0.29, 0.717) is 35.8 Å². The molecule has 1 atom stereocenters. The number of halogens is 2. The Morgan fingerprint density at radius 2 is 1.85 bits per heavy atom. The molecule has 26 heavy (non-hydrogen) atoms. The van der Waals surface area contributed by atoms with Gasteiger partial charge in [0, 0.05) is 37.8 Å². The molecule has 0 radical (unpaired) electrons. The maximum Gasteiger partial charge on any atom is 0.251 e. The van der Waals surface area contributed by atoms with Gasteiger partial charge < -0.3 is 9.64 Å². The van der Waals surface area contributed by atoms with Gasteiger partial charge >= 0.3 is 0 Å². The average molecular weight is 421 g/mol. The third-order valence-electron chi connectivity index (χ3n) is 4.94. The number of ether oxygens (including phenoxy) is 1. The minimum absolute atomic E-state index is 0.0487. The number of rotatable bonds is 3. The molecule has 0 bridgehead atoms. The molecule has 2 heterocycles. The summed E-state index contributed by atoms with van der Waals surface area (Å²) >= 11 is 12.5. The third kappa shape index (κ3) is 3.60. The second kappa shape index (κ2) is 7.64. The summed E-state index contributed by atoms with van der Waals surface area (Å²) in [5, 5.41) is 0.572. The van der Waals surface area contributed by atoms with Crippen molar-refractivity contribution in [2.24, 2.45) is 0 Å². The van der Waals surface area contributed by atoms with Crippen LogP contribution in [0.25, 0.3) is 0 Å². The van der Waals surface area contributed by atoms with Crippen LogP contribution in [0.5, 0.6) is 0 Å². The number of carbonyl (C=O) groups excluding carboxylic acids is 1. The van der Waals surface area contributed by atoms with Crippen molar-refractivity contribution in [3.63, 3.8) is 0 Å². The summed E-state index contributed by atoms with van der Waals surface area (Å²) in [7, 11) is -3.79. The average Bonchev–Trinajstić information content (AvgIpc) is 3.14. The molecule has 0 spiro atoms. The van der Waals surface area contributed by atoms with Gasteiger partial charge in [0.1, 0.15) is 11.0 Å². The van der Waals surface area contributed by atoms with Crippen molar-refractivity contribution in [1.82, 2.24) is 9.21 Å². The largest absolute Gasteiger partial charge is 0.368 e. The van der Waals surface area contributed by atoms with Gasteiger partial charge in [0.05, 0.1) is 5.02 Å². The van der Waals surface area contributed by atoms with Gasteiger partial charge in [0.2, 0.25) is 10.0 Å². The molecule has 1 unspecified atom stereocenters. The normalized spacial score (nSPS) is 22.0. The van der Waals surface area contributed by atoms with E-state index in [4.69, 9.17) is 27.9 Å². The topological polar surface area (TPSA) is 66.9 Å². The lowest BCUT2D eigenvalue weighted by Crippen LogP contribution is -2.52. The van der Waals surface area contributed by atoms with E-state index >= 15 is 0 Å². The smallest absolute Gasteiger partial charge is 0.251 e. The summed E-state index contributed by atoms with van der Waals surface area (Å²) in [6, 6.07) is 1.66. The lowest BCUT2D eigenvalue weighted by molar-refractivity contribution is -0.142. The Bertz CT molecular complexity index is 788. The predicted molar refractivity (Wildman–Crippen MR) is 100 cm³/mol. The number of sulfonamides is 1. The van der Waals surface area contributed by atoms with Crippen molar-refractivity contribution in [2.75, 3.05) is 32.8 Å². The van der Waals surface area contributed by atoms with Gasteiger partial charge in [0.25, 0.3) is 5.91 Å². The number of carbonyl (C=O) groups is 1. The SMILES string of the molecule is Cc1cc(Cl)c(C)c(S(=O)(=O)N2CCN(C(=O)C3CCCO3)CC2)c1Cl. The first-order valence-electron chi connectivity index (χ1n) is 8.59. The van der Waals surface area contributed by atoms with Crippen molar-refractivity contribution in [2.45, 2.75) is 37.7 Å². The maximum atomic E-state index is 13.1. The third-order valence-corrected chi connectivity index (χ3v) is 8.00. The highest BCUT2D eigenvalue weighted by atomic mass is 35.5. The number of aryl methyl sites for hydroxylation is 1. The van der Waals surface area contributed by atoms with Crippen LogP contribution in [0.3, 0.4) is 0 Å². The quantitative estimate of drug-likeness (QED) is 0.753. The van der Waals surface area contributed by atoms with E-state index in [1.165, 1.54) is 4.31 Å². The Balaban J connectivity index is 1.78. The summed E-state index contributed by atoms with van der Waals surface area (Å²) in [6.45, 7) is 5.12. The van der Waals surface area contributed by atoms with Gasteiger partial charge in [-0.15, -0.1) is 0 Å². The molecule has 6 nitrogen and oxygen atoms in total. The fourth-order valence-electron chi connectivity index (χ4n) is 3.37. The number of hydrogen-bond donors (Lipinski definition) is 0. The van der Waals surface area contributed by atoms with Crippen molar-refractivity contribution < 1.29 is 17.9 Å². The monoisotopic (exact) mass is 420 g/mol. The minimum atomic E-state index is -3.79. The van der Waals surface area contributed by atoms with Crippen LogP contribution in [0.4, 0.5) is 0 Å². The summed E-state index contributed by atoms with van der Waals surface area (Å²) in [4.78, 5) is 14.2. The molecule has 1 aromatic rings. The second-order valence-electron chi connectivity index (χ2n) is 6.67. The zero-order valence-corrected chi connectivity index (χ0v) is 17.1. The fraction of sp³-hybridized carbons (Fsp3) is 0.588. The van der Waals surface area contributed by atoms with Crippen LogP contribution in [0.15, 0.2) is 11.0 Å². The molecule has 1 amide bonds. The van der Waals surface area contributed by atoms with E-state index in [1.54, 1.807) is 24.8 Å². The van der Waals surface area contributed by atoms with Gasteiger partial charge in [-0.25, -0.2) is 8.42 Å². The molecule has 9 heteroatoms. The fourth-order valence-corrected chi connectivity index (χ4v) is 5.96. The van der Waals surface area contributed by atoms with Crippen molar-refractivity contribution in [3.8, 4) is 0 Å². The molecule has 0 saturated carbocycles. The van der Waals surface area contributed by atoms with E-state index in [9.17, 15) is 13.2 Å². The Morgan fingerprint density at radius 1 is 1.19 bits per heavy atom. The Hall–Kier alpha value is -0.860. The van der Waals surface area contributed by atoms with E-state index in [1.807, 2.05) is 0 Å². The predicted octanol–water partition coefficient (Wildman–Crippen LogP) is 2.62. The number of piperazine rings is 1. The molecule has 144 valence electrons. The van der Waals surface area contributed by atoms with E-state index in [-0.39, 0.29) is 35.0 Å². The molecule has 2 fully saturated rings. The first-order valence-corrected chi connectivity index (χ1v) is 10.8. The molecule has 2 aliphatic rings. The summed E-state index contributed by atoms with van der Waals surface area (Å²) in [5.41, 5.74) is 1.06. The molecule has 0 N–H and O–H groups in total. The van der Waals surface area contributed by atoms with Crippen LogP contribution < -0.4 is 0 Å². The molecule has 2 aliphatic heterocycles. The van der Waals surface area contributed by atoms with Crippen LogP contribution in [0.2, 0.25) is 10.0 Å². The Labute approximate surface area is 164 Å². The van der Waals surface area contributed by atoms with Gasteiger partial charge in [0.15, 0.2) is 0 Å². The Morgan fingerprint density at radius 3 is 2.42 bits per heavy atom. The highest BCUT2D eigenvalue weighted by Gasteiger charge is 2.36. The zero-order chi connectivity index (χ0) is 19.1. The van der Waals surface area contributed by atoms with Crippen molar-refractivity contribution in [1.29, 1.82) is 0 Å². The first-order chi connectivity index (χ1) is 12.2. The van der Waals surface area contributed by atoms with Gasteiger partial charge in [-0.1, -0.05) is 23.2 Å². The molecule has 0 aromatic heterocycles. The molecular weight excluding hydrogens is 399 g/mol. The van der Waals surface area contributed by atoms with Gasteiger partial charge in [-0.2, -0.15) is 4.31 Å². The van der Waals surface area contributed by atoms with Crippen molar-refractivity contribution >= 4 is 39.1 Å². The summed E-state index contributed by atoms with van der Waals surface area (Å²) < 4.78 is 33.0. The van der Waals surface area contributed by atoms with Crippen LogP contribution in [0.1, 0.15) is 24.0 Å². The number of benzene rings is 1. The van der Waals surface area contributed by atoms with Crippen LogP contribution in [-0.2, 0) is 19.6 Å². The standard InChI is InChI=1S/C17H22Cl2N2O4S/c1-11-10-13(18)12(2)16(15(11)19)26(23,24)21-7-5-20(6-8-21)17(22)14-4-3-9-25-14/h10,14H,3-9H2,1-2H3. The highest BCUT2D eigenvalue weighted by molar-refractivity contribution is 7.89. The lowest BCUT2D eigenvalue weighted by atomic mass is 10.2. The number of hydrogen-bond acceptors (Lipinski definition) is 4. The molecule has 2 saturated heterocycles. The summed E-state index contributed by atoms with van der Waals surface area (Å²) in [6.07, 6.45) is 1.23. The molecule has 1 aromatic carbocycles. The first kappa shape index (κ1) is 19.9. The Kier molecular flexibility index (Phi) is 5.84. The van der Waals surface area contributed by atoms with E-state index in [0.717, 1.165) is 12.8 Å². The zero-order valence-electron chi connectivity index (χ0n) is 14.8. The minimum Gasteiger partial charge on any atom is -0.368 e. The van der Waals surface area contributed by atoms with Gasteiger partial charge in [-0.05, 0) is 43.9 Å². The highest BCUT2D eigenvalue weighted by Crippen LogP contribution is 2.35. The van der Waals surface area contributed by atoms with Crippen LogP contribution >= 0.6 is 23.2 Å². The maximum absolute atomic E-state index is 13.1. The van der Waals surface area contributed by atoms with E-state index in [2.05, 4.69) is 0 Å². The molecular formula is C17H22Cl2N2O4S. The number of nitrogens with zero attached hydrogens (tertiary/aromatic N) is 2. The van der Waals surface area contributed by atoms with Gasteiger partial charge in [-0.3, -0.25) is 4.79 Å². The second-order valence-corrected chi connectivity index (χ2v) is 9.33. The van der Waals surface area contributed by atoms with Crippen molar-refractivity contribution in [3.05, 3.63) is 27.2 Å². The van der Waals surface area contributed by atoms with Crippen LogP contribution in [-0.4, -0.2) is 62.4 Å². The molecule has 0 aliphatic carbocycles. The van der Waals surface area contributed by atoms with E-state index < -0.39 is 10.0 Å². The van der Waals surface area contributed by atoms with Crippen LogP contribution in [0, 0.1) is 13.8 Å². The number of amides is 1. The lowest BCUT2D eigenvalue weighted by Gasteiger charge is -2.35. The molecule has 3 rings (SSSR count). The summed E-state index contributed by atoms with van der Waals surface area (Å²) in [5.74, 6) is -0.0487.